The normalized spacial score (nSPS) is 15.0. The lowest BCUT2D eigenvalue weighted by molar-refractivity contribution is 0.776. The highest BCUT2D eigenvalue weighted by molar-refractivity contribution is 9.11. The molecule has 0 unspecified atom stereocenters. The topological polar surface area (TPSA) is 43.8 Å². The minimum absolute atomic E-state index is 0.561. The predicted molar refractivity (Wildman–Crippen MR) is 91.6 cm³/mol. The molecule has 21 heavy (non-hydrogen) atoms. The Morgan fingerprint density at radius 2 is 2.19 bits per heavy atom. The first-order chi connectivity index (χ1) is 10.2. The van der Waals surface area contributed by atoms with Crippen LogP contribution in [0.2, 0.25) is 0 Å². The summed E-state index contributed by atoms with van der Waals surface area (Å²) in [5.74, 6) is 1.10. The summed E-state index contributed by atoms with van der Waals surface area (Å²) >= 11 is 5.38. The number of rotatable bonds is 3. The van der Waals surface area contributed by atoms with Gasteiger partial charge in [-0.3, -0.25) is 0 Å². The van der Waals surface area contributed by atoms with Crippen LogP contribution in [0.1, 0.15) is 30.0 Å². The summed E-state index contributed by atoms with van der Waals surface area (Å²) < 4.78 is 3.60. The Hall–Kier alpha value is -1.17. The molecule has 0 radical (unpaired) electrons. The highest BCUT2D eigenvalue weighted by Gasteiger charge is 2.29. The van der Waals surface area contributed by atoms with Crippen LogP contribution in [0.3, 0.4) is 0 Å². The third kappa shape index (κ3) is 2.24. The molecule has 0 saturated heterocycles. The second-order valence-corrected chi connectivity index (χ2v) is 8.00. The molecule has 0 atom stereocenters. The van der Waals surface area contributed by atoms with Crippen LogP contribution in [0.15, 0.2) is 28.1 Å². The largest absolute Gasteiger partial charge is 0.326 e. The number of fused-ring (bicyclic) bond motifs is 1. The minimum atomic E-state index is 0.561. The van der Waals surface area contributed by atoms with Crippen LogP contribution >= 0.6 is 27.3 Å². The fourth-order valence-corrected chi connectivity index (χ4v) is 4.24. The number of hydrogen-bond donors (Lipinski definition) is 1. The molecule has 108 valence electrons. The molecule has 1 aliphatic carbocycles. The average molecular weight is 362 g/mol. The van der Waals surface area contributed by atoms with Gasteiger partial charge in [-0.05, 0) is 65.0 Å². The number of aryl methyl sites for hydroxylation is 1. The number of aromatic nitrogens is 2. The number of benzene rings is 1. The molecular formula is C16H16BrN3S. The monoisotopic (exact) mass is 361 g/mol. The quantitative estimate of drug-likeness (QED) is 0.738. The lowest BCUT2D eigenvalue weighted by atomic mass is 10.2. The van der Waals surface area contributed by atoms with Crippen LogP contribution in [-0.4, -0.2) is 9.55 Å². The van der Waals surface area contributed by atoms with Gasteiger partial charge in [0.05, 0.1) is 19.7 Å². The van der Waals surface area contributed by atoms with E-state index in [4.69, 9.17) is 10.7 Å². The van der Waals surface area contributed by atoms with E-state index in [-0.39, 0.29) is 0 Å². The fraction of sp³-hybridized carbons (Fsp3) is 0.312. The van der Waals surface area contributed by atoms with Gasteiger partial charge in [-0.15, -0.1) is 11.3 Å². The van der Waals surface area contributed by atoms with E-state index in [1.165, 1.54) is 32.6 Å². The highest BCUT2D eigenvalue weighted by atomic mass is 79.9. The van der Waals surface area contributed by atoms with Gasteiger partial charge in [0.2, 0.25) is 0 Å². The van der Waals surface area contributed by atoms with Gasteiger partial charge in [0.1, 0.15) is 0 Å². The van der Waals surface area contributed by atoms with E-state index in [0.29, 0.717) is 12.6 Å². The number of hydrogen-bond acceptors (Lipinski definition) is 3. The molecule has 1 fully saturated rings. The molecule has 1 saturated carbocycles. The summed E-state index contributed by atoms with van der Waals surface area (Å²) in [5.41, 5.74) is 10.4. The number of halogens is 1. The van der Waals surface area contributed by atoms with E-state index in [1.807, 2.05) is 0 Å². The molecule has 5 heteroatoms. The van der Waals surface area contributed by atoms with Gasteiger partial charge in [0, 0.05) is 12.6 Å². The first-order valence-corrected chi connectivity index (χ1v) is 8.75. The third-order valence-corrected chi connectivity index (χ3v) is 6.11. The van der Waals surface area contributed by atoms with Crippen molar-refractivity contribution in [1.29, 1.82) is 0 Å². The Balaban J connectivity index is 1.96. The molecule has 1 aromatic carbocycles. The van der Waals surface area contributed by atoms with E-state index < -0.39 is 0 Å². The third-order valence-electron chi connectivity index (χ3n) is 3.98. The summed E-state index contributed by atoms with van der Waals surface area (Å²) in [5, 5.41) is 0. The van der Waals surface area contributed by atoms with Crippen molar-refractivity contribution in [1.82, 2.24) is 9.55 Å². The predicted octanol–water partition coefficient (Wildman–Crippen LogP) is 4.63. The van der Waals surface area contributed by atoms with Gasteiger partial charge >= 0.3 is 0 Å². The van der Waals surface area contributed by atoms with Crippen molar-refractivity contribution in [2.24, 2.45) is 5.73 Å². The molecule has 3 nitrogen and oxygen atoms in total. The van der Waals surface area contributed by atoms with Crippen molar-refractivity contribution in [2.75, 3.05) is 0 Å². The molecule has 2 heterocycles. The molecule has 0 aliphatic heterocycles. The van der Waals surface area contributed by atoms with Crippen LogP contribution in [0.5, 0.6) is 0 Å². The Morgan fingerprint density at radius 3 is 2.81 bits per heavy atom. The lowest BCUT2D eigenvalue weighted by Gasteiger charge is -2.06. The molecule has 3 aromatic rings. The summed E-state index contributed by atoms with van der Waals surface area (Å²) in [6.07, 6.45) is 2.51. The Bertz CT molecular complexity index is 810. The van der Waals surface area contributed by atoms with Crippen LogP contribution in [-0.2, 0) is 6.54 Å². The first kappa shape index (κ1) is 13.5. The first-order valence-electron chi connectivity index (χ1n) is 7.14. The number of imidazole rings is 1. The molecule has 2 N–H and O–H groups in total. The fourth-order valence-electron chi connectivity index (χ4n) is 2.72. The van der Waals surface area contributed by atoms with Gasteiger partial charge in [0.15, 0.2) is 5.82 Å². The zero-order valence-corrected chi connectivity index (χ0v) is 14.2. The molecular weight excluding hydrogens is 346 g/mol. The second kappa shape index (κ2) is 4.93. The zero-order chi connectivity index (χ0) is 14.6. The summed E-state index contributed by atoms with van der Waals surface area (Å²) in [7, 11) is 0. The van der Waals surface area contributed by atoms with Crippen molar-refractivity contribution in [3.05, 3.63) is 39.2 Å². The smallest absolute Gasteiger partial charge is 0.151 e. The number of nitrogens with zero attached hydrogens (tertiary/aromatic N) is 2. The summed E-state index contributed by atoms with van der Waals surface area (Å²) in [6, 6.07) is 9.23. The summed E-state index contributed by atoms with van der Waals surface area (Å²) in [4.78, 5) is 6.14. The van der Waals surface area contributed by atoms with Gasteiger partial charge in [-0.25, -0.2) is 4.98 Å². The van der Waals surface area contributed by atoms with Crippen molar-refractivity contribution >= 4 is 38.3 Å². The van der Waals surface area contributed by atoms with Gasteiger partial charge in [-0.2, -0.15) is 0 Å². The number of nitrogens with two attached hydrogens (primary N) is 1. The van der Waals surface area contributed by atoms with Gasteiger partial charge < -0.3 is 10.3 Å². The highest BCUT2D eigenvalue weighted by Crippen LogP contribution is 2.43. The molecule has 0 bridgehead atoms. The van der Waals surface area contributed by atoms with E-state index in [1.54, 1.807) is 11.3 Å². The Morgan fingerprint density at radius 1 is 1.38 bits per heavy atom. The second-order valence-electron chi connectivity index (χ2n) is 5.63. The molecule has 2 aromatic heterocycles. The van der Waals surface area contributed by atoms with Crippen LogP contribution in [0.25, 0.3) is 21.7 Å². The number of thiophene rings is 1. The maximum Gasteiger partial charge on any atom is 0.151 e. The lowest BCUT2D eigenvalue weighted by Crippen LogP contribution is -1.97. The Kier molecular flexibility index (Phi) is 3.17. The zero-order valence-electron chi connectivity index (χ0n) is 11.8. The average Bonchev–Trinajstić information content (AvgIpc) is 3.17. The SMILES string of the molecule is Cc1cc(-c2nc3cc(CN)ccc3n2C2CC2)sc1Br. The van der Waals surface area contributed by atoms with Crippen molar-refractivity contribution in [3.8, 4) is 10.7 Å². The van der Waals surface area contributed by atoms with Crippen molar-refractivity contribution < 1.29 is 0 Å². The standard InChI is InChI=1S/C16H16BrN3S/c1-9-6-14(21-15(9)17)16-19-12-7-10(8-18)2-5-13(12)20(16)11-3-4-11/h2,5-7,11H,3-4,8,18H2,1H3. The van der Waals surface area contributed by atoms with E-state index >= 15 is 0 Å². The molecule has 0 spiro atoms. The van der Waals surface area contributed by atoms with E-state index in [0.717, 1.165) is 16.9 Å². The van der Waals surface area contributed by atoms with E-state index in [9.17, 15) is 0 Å². The van der Waals surface area contributed by atoms with Crippen LogP contribution in [0, 0.1) is 6.92 Å². The summed E-state index contributed by atoms with van der Waals surface area (Å²) in [6.45, 7) is 2.69. The van der Waals surface area contributed by atoms with Gasteiger partial charge in [-0.1, -0.05) is 6.07 Å². The van der Waals surface area contributed by atoms with Crippen LogP contribution < -0.4 is 5.73 Å². The van der Waals surface area contributed by atoms with Gasteiger partial charge in [0.25, 0.3) is 0 Å². The van der Waals surface area contributed by atoms with E-state index in [2.05, 4.69) is 51.7 Å². The molecule has 0 amide bonds. The van der Waals surface area contributed by atoms with Crippen molar-refractivity contribution in [2.45, 2.75) is 32.4 Å². The van der Waals surface area contributed by atoms with Crippen molar-refractivity contribution in [3.63, 3.8) is 0 Å². The van der Waals surface area contributed by atoms with Crippen LogP contribution in [0.4, 0.5) is 0 Å². The Labute approximate surface area is 135 Å². The minimum Gasteiger partial charge on any atom is -0.326 e. The maximum absolute atomic E-state index is 5.75. The maximum atomic E-state index is 5.75. The molecule has 4 rings (SSSR count). The molecule has 1 aliphatic rings.